The fraction of sp³-hybridized carbons (Fsp3) is 0.500. The second kappa shape index (κ2) is 6.51. The summed E-state index contributed by atoms with van der Waals surface area (Å²) in [5.41, 5.74) is -1.35. The van der Waals surface area contributed by atoms with E-state index < -0.39 is 17.8 Å². The van der Waals surface area contributed by atoms with Gasteiger partial charge in [-0.3, -0.25) is 0 Å². The zero-order chi connectivity index (χ0) is 14.5. The van der Waals surface area contributed by atoms with Gasteiger partial charge in [0, 0.05) is 13.2 Å². The Kier molecular flexibility index (Phi) is 5.29. The van der Waals surface area contributed by atoms with Gasteiger partial charge in [0.05, 0.1) is 11.3 Å². The molecule has 0 saturated carbocycles. The number of aryl methyl sites for hydroxylation is 1. The van der Waals surface area contributed by atoms with E-state index in [-0.39, 0.29) is 17.7 Å². The number of carboxylic acid groups (broad SMARTS) is 1. The zero-order valence-electron chi connectivity index (χ0n) is 10.3. The third-order valence-corrected chi connectivity index (χ3v) is 2.40. The van der Waals surface area contributed by atoms with E-state index in [4.69, 9.17) is 9.84 Å². The summed E-state index contributed by atoms with van der Waals surface area (Å²) >= 11 is 0. The normalized spacial score (nSPS) is 11.6. The van der Waals surface area contributed by atoms with Crippen molar-refractivity contribution in [2.45, 2.75) is 25.9 Å². The quantitative estimate of drug-likeness (QED) is 0.812. The maximum absolute atomic E-state index is 12.5. The van der Waals surface area contributed by atoms with E-state index in [2.05, 4.69) is 4.98 Å². The Bertz CT molecular complexity index is 446. The molecular formula is C12H14F3NO3. The summed E-state index contributed by atoms with van der Waals surface area (Å²) in [4.78, 5) is 14.3. The Morgan fingerprint density at radius 1 is 1.42 bits per heavy atom. The molecule has 1 aromatic rings. The lowest BCUT2D eigenvalue weighted by Crippen LogP contribution is -2.13. The average Bonchev–Trinajstić information content (AvgIpc) is 2.33. The Morgan fingerprint density at radius 3 is 2.63 bits per heavy atom. The van der Waals surface area contributed by atoms with Crippen molar-refractivity contribution in [2.75, 3.05) is 13.2 Å². The SMILES string of the molecule is CCOCCCc1nc(C(F)(F)F)ccc1C(=O)O. The number of carbonyl (C=O) groups is 1. The Labute approximate surface area is 108 Å². The molecule has 0 spiro atoms. The number of pyridine rings is 1. The van der Waals surface area contributed by atoms with E-state index in [0.717, 1.165) is 6.07 Å². The number of aromatic carboxylic acids is 1. The van der Waals surface area contributed by atoms with Crippen LogP contribution in [0.3, 0.4) is 0 Å². The van der Waals surface area contributed by atoms with E-state index in [0.29, 0.717) is 25.7 Å². The fourth-order valence-electron chi connectivity index (χ4n) is 1.53. The lowest BCUT2D eigenvalue weighted by atomic mass is 10.1. The first-order valence-electron chi connectivity index (χ1n) is 5.74. The first-order chi connectivity index (χ1) is 8.86. The number of halogens is 3. The number of hydrogen-bond donors (Lipinski definition) is 1. The van der Waals surface area contributed by atoms with Crippen molar-refractivity contribution in [3.63, 3.8) is 0 Å². The van der Waals surface area contributed by atoms with E-state index in [1.54, 1.807) is 6.92 Å². The minimum Gasteiger partial charge on any atom is -0.478 e. The highest BCUT2D eigenvalue weighted by Crippen LogP contribution is 2.28. The van der Waals surface area contributed by atoms with Crippen LogP contribution in [0.4, 0.5) is 13.2 Å². The van der Waals surface area contributed by atoms with Crippen molar-refractivity contribution in [3.05, 3.63) is 29.1 Å². The van der Waals surface area contributed by atoms with Crippen molar-refractivity contribution in [3.8, 4) is 0 Å². The third kappa shape index (κ3) is 4.51. The topological polar surface area (TPSA) is 59.4 Å². The van der Waals surface area contributed by atoms with Crippen LogP contribution >= 0.6 is 0 Å². The summed E-state index contributed by atoms with van der Waals surface area (Å²) in [6.07, 6.45) is -4.03. The predicted octanol–water partition coefficient (Wildman–Crippen LogP) is 2.77. The van der Waals surface area contributed by atoms with Crippen molar-refractivity contribution in [1.29, 1.82) is 0 Å². The Balaban J connectivity index is 2.93. The van der Waals surface area contributed by atoms with Gasteiger partial charge in [0.25, 0.3) is 0 Å². The van der Waals surface area contributed by atoms with Gasteiger partial charge in [-0.05, 0) is 31.9 Å². The summed E-state index contributed by atoms with van der Waals surface area (Å²) in [6, 6.07) is 1.61. The van der Waals surface area contributed by atoms with Crippen molar-refractivity contribution < 1.29 is 27.8 Å². The van der Waals surface area contributed by atoms with Crippen molar-refractivity contribution in [1.82, 2.24) is 4.98 Å². The number of alkyl halides is 3. The highest BCUT2D eigenvalue weighted by atomic mass is 19.4. The zero-order valence-corrected chi connectivity index (χ0v) is 10.3. The molecule has 0 radical (unpaired) electrons. The van der Waals surface area contributed by atoms with Crippen LogP contribution in [0.1, 0.15) is 35.1 Å². The van der Waals surface area contributed by atoms with Crippen LogP contribution in [0.25, 0.3) is 0 Å². The number of carboxylic acids is 1. The summed E-state index contributed by atoms with van der Waals surface area (Å²) in [6.45, 7) is 2.65. The van der Waals surface area contributed by atoms with E-state index in [1.165, 1.54) is 0 Å². The number of nitrogens with zero attached hydrogens (tertiary/aromatic N) is 1. The van der Waals surface area contributed by atoms with Gasteiger partial charge >= 0.3 is 12.1 Å². The molecule has 0 atom stereocenters. The molecule has 0 unspecified atom stereocenters. The monoisotopic (exact) mass is 277 g/mol. The predicted molar refractivity (Wildman–Crippen MR) is 61.0 cm³/mol. The maximum atomic E-state index is 12.5. The number of ether oxygens (including phenoxy) is 1. The first-order valence-corrected chi connectivity index (χ1v) is 5.74. The molecule has 0 aromatic carbocycles. The van der Waals surface area contributed by atoms with Gasteiger partial charge in [-0.1, -0.05) is 0 Å². The van der Waals surface area contributed by atoms with Gasteiger partial charge in [0.15, 0.2) is 0 Å². The van der Waals surface area contributed by atoms with Crippen molar-refractivity contribution >= 4 is 5.97 Å². The highest BCUT2D eigenvalue weighted by molar-refractivity contribution is 5.88. The minimum atomic E-state index is -4.58. The Hall–Kier alpha value is -1.63. The molecule has 7 heteroatoms. The second-order valence-corrected chi connectivity index (χ2v) is 3.79. The molecule has 4 nitrogen and oxygen atoms in total. The van der Waals surface area contributed by atoms with Gasteiger partial charge in [0.1, 0.15) is 5.69 Å². The number of aromatic nitrogens is 1. The molecule has 106 valence electrons. The molecule has 19 heavy (non-hydrogen) atoms. The molecule has 0 aliphatic heterocycles. The average molecular weight is 277 g/mol. The molecule has 0 aliphatic rings. The lowest BCUT2D eigenvalue weighted by Gasteiger charge is -2.10. The van der Waals surface area contributed by atoms with Gasteiger partial charge in [-0.15, -0.1) is 0 Å². The standard InChI is InChI=1S/C12H14F3NO3/c1-2-19-7-3-4-9-8(11(17)18)5-6-10(16-9)12(13,14)15/h5-6H,2-4,7H2,1H3,(H,17,18). The second-order valence-electron chi connectivity index (χ2n) is 3.79. The van der Waals surface area contributed by atoms with Crippen LogP contribution in [0, 0.1) is 0 Å². The number of rotatable bonds is 6. The maximum Gasteiger partial charge on any atom is 0.433 e. The third-order valence-electron chi connectivity index (χ3n) is 2.40. The molecule has 0 saturated heterocycles. The highest BCUT2D eigenvalue weighted by Gasteiger charge is 2.33. The van der Waals surface area contributed by atoms with Gasteiger partial charge in [0.2, 0.25) is 0 Å². The summed E-state index contributed by atoms with van der Waals surface area (Å²) in [5.74, 6) is -1.28. The van der Waals surface area contributed by atoms with Gasteiger partial charge < -0.3 is 9.84 Å². The molecule has 1 N–H and O–H groups in total. The Morgan fingerprint density at radius 2 is 2.11 bits per heavy atom. The molecule has 1 heterocycles. The van der Waals surface area contributed by atoms with Crippen LogP contribution in [0.15, 0.2) is 12.1 Å². The molecule has 0 bridgehead atoms. The molecule has 1 rings (SSSR count). The number of hydrogen-bond acceptors (Lipinski definition) is 3. The first kappa shape index (κ1) is 15.4. The molecule has 1 aromatic heterocycles. The van der Waals surface area contributed by atoms with E-state index in [9.17, 15) is 18.0 Å². The van der Waals surface area contributed by atoms with Crippen LogP contribution < -0.4 is 0 Å². The van der Waals surface area contributed by atoms with E-state index in [1.807, 2.05) is 0 Å². The molecular weight excluding hydrogens is 263 g/mol. The summed E-state index contributed by atoms with van der Waals surface area (Å²) in [7, 11) is 0. The van der Waals surface area contributed by atoms with Crippen LogP contribution in [0.2, 0.25) is 0 Å². The van der Waals surface area contributed by atoms with Gasteiger partial charge in [-0.2, -0.15) is 13.2 Å². The smallest absolute Gasteiger partial charge is 0.433 e. The minimum absolute atomic E-state index is 0.0676. The molecule has 0 amide bonds. The van der Waals surface area contributed by atoms with Crippen molar-refractivity contribution in [2.24, 2.45) is 0 Å². The lowest BCUT2D eigenvalue weighted by molar-refractivity contribution is -0.141. The van der Waals surface area contributed by atoms with Crippen LogP contribution in [-0.4, -0.2) is 29.3 Å². The van der Waals surface area contributed by atoms with Crippen LogP contribution in [0.5, 0.6) is 0 Å². The molecule has 0 aliphatic carbocycles. The van der Waals surface area contributed by atoms with Gasteiger partial charge in [-0.25, -0.2) is 9.78 Å². The summed E-state index contributed by atoms with van der Waals surface area (Å²) in [5, 5.41) is 8.91. The molecule has 0 fully saturated rings. The summed E-state index contributed by atoms with van der Waals surface area (Å²) < 4.78 is 42.6. The largest absolute Gasteiger partial charge is 0.478 e. The van der Waals surface area contributed by atoms with Crippen LogP contribution in [-0.2, 0) is 17.3 Å². The fourth-order valence-corrected chi connectivity index (χ4v) is 1.53. The van der Waals surface area contributed by atoms with E-state index >= 15 is 0 Å².